The fraction of sp³-hybridized carbons (Fsp3) is 0.929. The molecule has 0 radical (unpaired) electrons. The van der Waals surface area contributed by atoms with E-state index in [1.54, 1.807) is 13.8 Å². The molecule has 1 saturated heterocycles. The maximum absolute atomic E-state index is 11.8. The molecule has 0 saturated carbocycles. The first-order valence-corrected chi connectivity index (χ1v) is 7.22. The molecule has 1 heterocycles. The standard InChI is InChI=1S/C14H28N2O3/c1-5-12-10-18-8-7-16(12)11(3)9-14(4,15)13(17)19-6-2/h11-12H,5-10,15H2,1-4H3. The lowest BCUT2D eigenvalue weighted by molar-refractivity contribution is -0.150. The van der Waals surface area contributed by atoms with Crippen LogP contribution in [-0.4, -0.2) is 54.9 Å². The molecule has 0 aromatic rings. The van der Waals surface area contributed by atoms with Crippen LogP contribution in [0.15, 0.2) is 0 Å². The lowest BCUT2D eigenvalue weighted by Crippen LogP contribution is -2.55. The van der Waals surface area contributed by atoms with Gasteiger partial charge in [0.15, 0.2) is 0 Å². The van der Waals surface area contributed by atoms with E-state index >= 15 is 0 Å². The van der Waals surface area contributed by atoms with Crippen molar-refractivity contribution in [2.45, 2.75) is 58.2 Å². The third kappa shape index (κ3) is 4.44. The fourth-order valence-corrected chi connectivity index (χ4v) is 2.71. The molecule has 112 valence electrons. The summed E-state index contributed by atoms with van der Waals surface area (Å²) in [6.07, 6.45) is 1.65. The van der Waals surface area contributed by atoms with Crippen molar-refractivity contribution in [3.8, 4) is 0 Å². The van der Waals surface area contributed by atoms with Crippen molar-refractivity contribution in [1.29, 1.82) is 0 Å². The van der Waals surface area contributed by atoms with Crippen LogP contribution in [0.1, 0.15) is 40.5 Å². The second-order valence-corrected chi connectivity index (χ2v) is 5.57. The molecule has 1 rings (SSSR count). The van der Waals surface area contributed by atoms with E-state index in [9.17, 15) is 4.79 Å². The second kappa shape index (κ2) is 7.22. The lowest BCUT2D eigenvalue weighted by Gasteiger charge is -2.41. The van der Waals surface area contributed by atoms with Crippen molar-refractivity contribution in [2.75, 3.05) is 26.4 Å². The summed E-state index contributed by atoms with van der Waals surface area (Å²) in [6.45, 7) is 10.6. The summed E-state index contributed by atoms with van der Waals surface area (Å²) >= 11 is 0. The zero-order chi connectivity index (χ0) is 14.5. The summed E-state index contributed by atoms with van der Waals surface area (Å²) in [5.74, 6) is -0.317. The van der Waals surface area contributed by atoms with Crippen LogP contribution in [0.4, 0.5) is 0 Å². The molecule has 19 heavy (non-hydrogen) atoms. The Balaban J connectivity index is 2.61. The Labute approximate surface area is 116 Å². The van der Waals surface area contributed by atoms with Gasteiger partial charge in [-0.15, -0.1) is 0 Å². The molecule has 0 amide bonds. The maximum Gasteiger partial charge on any atom is 0.325 e. The van der Waals surface area contributed by atoms with Crippen molar-refractivity contribution in [2.24, 2.45) is 5.73 Å². The smallest absolute Gasteiger partial charge is 0.325 e. The van der Waals surface area contributed by atoms with Crippen molar-refractivity contribution in [3.63, 3.8) is 0 Å². The van der Waals surface area contributed by atoms with Crippen LogP contribution in [0.3, 0.4) is 0 Å². The molecule has 5 heteroatoms. The Hall–Kier alpha value is -0.650. The zero-order valence-corrected chi connectivity index (χ0v) is 12.6. The monoisotopic (exact) mass is 272 g/mol. The number of esters is 1. The van der Waals surface area contributed by atoms with E-state index in [1.165, 1.54) is 0 Å². The highest BCUT2D eigenvalue weighted by Crippen LogP contribution is 2.21. The third-order valence-corrected chi connectivity index (χ3v) is 3.77. The lowest BCUT2D eigenvalue weighted by atomic mass is 9.93. The average molecular weight is 272 g/mol. The SMILES string of the molecule is CCOC(=O)C(C)(N)CC(C)N1CCOCC1CC. The normalized spacial score (nSPS) is 25.6. The van der Waals surface area contributed by atoms with Gasteiger partial charge in [0.05, 0.1) is 19.8 Å². The number of hydrogen-bond acceptors (Lipinski definition) is 5. The second-order valence-electron chi connectivity index (χ2n) is 5.57. The third-order valence-electron chi connectivity index (χ3n) is 3.77. The quantitative estimate of drug-likeness (QED) is 0.735. The van der Waals surface area contributed by atoms with Crippen LogP contribution < -0.4 is 5.73 Å². The Morgan fingerprint density at radius 3 is 2.84 bits per heavy atom. The van der Waals surface area contributed by atoms with E-state index < -0.39 is 5.54 Å². The predicted molar refractivity (Wildman–Crippen MR) is 74.9 cm³/mol. The van der Waals surface area contributed by atoms with Crippen molar-refractivity contribution in [3.05, 3.63) is 0 Å². The van der Waals surface area contributed by atoms with Crippen LogP contribution in [0.25, 0.3) is 0 Å². The molecule has 0 aliphatic carbocycles. The van der Waals surface area contributed by atoms with Crippen LogP contribution in [-0.2, 0) is 14.3 Å². The number of nitrogens with zero attached hydrogens (tertiary/aromatic N) is 1. The van der Waals surface area contributed by atoms with Crippen LogP contribution in [0.2, 0.25) is 0 Å². The molecular weight excluding hydrogens is 244 g/mol. The molecular formula is C14H28N2O3. The molecule has 3 atom stereocenters. The highest BCUT2D eigenvalue weighted by molar-refractivity contribution is 5.80. The van der Waals surface area contributed by atoms with Gasteiger partial charge >= 0.3 is 5.97 Å². The highest BCUT2D eigenvalue weighted by atomic mass is 16.5. The van der Waals surface area contributed by atoms with Gasteiger partial charge < -0.3 is 15.2 Å². The number of nitrogens with two attached hydrogens (primary N) is 1. The number of carbonyl (C=O) groups excluding carboxylic acids is 1. The van der Waals surface area contributed by atoms with Gasteiger partial charge in [-0.1, -0.05) is 6.92 Å². The molecule has 0 aromatic carbocycles. The molecule has 5 nitrogen and oxygen atoms in total. The van der Waals surface area contributed by atoms with Gasteiger partial charge in [-0.25, -0.2) is 0 Å². The predicted octanol–water partition coefficient (Wildman–Crippen LogP) is 1.16. The zero-order valence-electron chi connectivity index (χ0n) is 12.6. The van der Waals surface area contributed by atoms with Gasteiger partial charge in [-0.2, -0.15) is 0 Å². The van der Waals surface area contributed by atoms with E-state index in [4.69, 9.17) is 15.2 Å². The minimum absolute atomic E-state index is 0.244. The van der Waals surface area contributed by atoms with E-state index in [1.807, 2.05) is 0 Å². The van der Waals surface area contributed by atoms with E-state index in [0.29, 0.717) is 19.1 Å². The summed E-state index contributed by atoms with van der Waals surface area (Å²) in [7, 11) is 0. The average Bonchev–Trinajstić information content (AvgIpc) is 2.38. The van der Waals surface area contributed by atoms with E-state index in [2.05, 4.69) is 18.7 Å². The number of morpholine rings is 1. The minimum Gasteiger partial charge on any atom is -0.465 e. The summed E-state index contributed by atoms with van der Waals surface area (Å²) in [4.78, 5) is 14.2. The van der Waals surface area contributed by atoms with Gasteiger partial charge in [0.1, 0.15) is 5.54 Å². The van der Waals surface area contributed by atoms with Crippen molar-refractivity contribution in [1.82, 2.24) is 4.90 Å². The van der Waals surface area contributed by atoms with Crippen molar-refractivity contribution < 1.29 is 14.3 Å². The van der Waals surface area contributed by atoms with Gasteiger partial charge in [0.2, 0.25) is 0 Å². The van der Waals surface area contributed by atoms with Gasteiger partial charge in [-0.05, 0) is 33.6 Å². The number of hydrogen-bond donors (Lipinski definition) is 1. The first-order valence-electron chi connectivity index (χ1n) is 7.22. The van der Waals surface area contributed by atoms with Gasteiger partial charge in [0.25, 0.3) is 0 Å². The first-order chi connectivity index (χ1) is 8.92. The minimum atomic E-state index is -0.925. The summed E-state index contributed by atoms with van der Waals surface area (Å²) < 4.78 is 10.5. The Bertz CT molecular complexity index is 294. The molecule has 0 aromatic heterocycles. The number of ether oxygens (including phenoxy) is 2. The first kappa shape index (κ1) is 16.4. The van der Waals surface area contributed by atoms with E-state index in [-0.39, 0.29) is 12.0 Å². The topological polar surface area (TPSA) is 64.8 Å². The van der Waals surface area contributed by atoms with Crippen LogP contribution >= 0.6 is 0 Å². The molecule has 0 bridgehead atoms. The molecule has 2 N–H and O–H groups in total. The van der Waals surface area contributed by atoms with Crippen LogP contribution in [0.5, 0.6) is 0 Å². The fourth-order valence-electron chi connectivity index (χ4n) is 2.71. The number of rotatable bonds is 6. The summed E-state index contributed by atoms with van der Waals surface area (Å²) in [5, 5.41) is 0. The molecule has 1 fully saturated rings. The molecule has 3 unspecified atom stereocenters. The Kier molecular flexibility index (Phi) is 6.23. The Morgan fingerprint density at radius 2 is 2.26 bits per heavy atom. The van der Waals surface area contributed by atoms with Gasteiger partial charge in [0, 0.05) is 18.6 Å². The maximum atomic E-state index is 11.8. The number of carbonyl (C=O) groups is 1. The summed E-state index contributed by atoms with van der Waals surface area (Å²) in [5.41, 5.74) is 5.18. The summed E-state index contributed by atoms with van der Waals surface area (Å²) in [6, 6.07) is 0.662. The highest BCUT2D eigenvalue weighted by Gasteiger charge is 2.35. The Morgan fingerprint density at radius 1 is 1.58 bits per heavy atom. The molecule has 1 aliphatic rings. The molecule has 1 aliphatic heterocycles. The van der Waals surface area contributed by atoms with Crippen molar-refractivity contribution >= 4 is 5.97 Å². The van der Waals surface area contributed by atoms with Gasteiger partial charge in [-0.3, -0.25) is 9.69 Å². The van der Waals surface area contributed by atoms with Crippen LogP contribution in [0, 0.1) is 0 Å². The van der Waals surface area contributed by atoms with E-state index in [0.717, 1.165) is 26.2 Å². The molecule has 0 spiro atoms. The largest absolute Gasteiger partial charge is 0.465 e.